The smallest absolute Gasteiger partial charge is 0.334 e. The lowest BCUT2D eigenvalue weighted by Crippen LogP contribution is -2.43. The molecule has 0 saturated heterocycles. The van der Waals surface area contributed by atoms with E-state index in [4.69, 9.17) is 4.74 Å². The molecule has 8 nitrogen and oxygen atoms in total. The highest BCUT2D eigenvalue weighted by molar-refractivity contribution is 5.88. The number of nitrogens with zero attached hydrogens (tertiary/aromatic N) is 1. The van der Waals surface area contributed by atoms with Crippen molar-refractivity contribution in [3.05, 3.63) is 30.0 Å². The Morgan fingerprint density at radius 2 is 1.52 bits per heavy atom. The Balaban J connectivity index is 1.92. The number of ether oxygens (including phenoxy) is 1. The highest BCUT2D eigenvalue weighted by Gasteiger charge is 2.23. The van der Waals surface area contributed by atoms with Gasteiger partial charge >= 0.3 is 5.97 Å². The van der Waals surface area contributed by atoms with E-state index in [2.05, 4.69) is 34.4 Å². The van der Waals surface area contributed by atoms with Crippen molar-refractivity contribution in [1.82, 2.24) is 20.5 Å². The molecule has 0 unspecified atom stereocenters. The third kappa shape index (κ3) is 14.3. The van der Waals surface area contributed by atoms with Gasteiger partial charge in [-0.3, -0.25) is 9.59 Å². The number of nitrogens with one attached hydrogen (secondary N) is 3. The first-order chi connectivity index (χ1) is 20.3. The van der Waals surface area contributed by atoms with Crippen LogP contribution in [-0.4, -0.2) is 60.9 Å². The summed E-state index contributed by atoms with van der Waals surface area (Å²) in [4.78, 5) is 43.6. The second kappa shape index (κ2) is 20.9. The quantitative estimate of drug-likeness (QED) is 0.0769. The minimum absolute atomic E-state index is 0.0870. The summed E-state index contributed by atoms with van der Waals surface area (Å²) in [5.41, 5.74) is 2.17. The zero-order valence-corrected chi connectivity index (χ0v) is 26.7. The van der Waals surface area contributed by atoms with E-state index in [1.54, 1.807) is 6.07 Å². The zero-order chi connectivity index (χ0) is 30.6. The van der Waals surface area contributed by atoms with Gasteiger partial charge in [-0.05, 0) is 76.4 Å². The van der Waals surface area contributed by atoms with E-state index in [0.717, 1.165) is 68.8 Å². The number of fused-ring (bicyclic) bond motifs is 1. The van der Waals surface area contributed by atoms with Crippen LogP contribution in [0.25, 0.3) is 10.9 Å². The van der Waals surface area contributed by atoms with E-state index in [1.165, 1.54) is 31.2 Å². The van der Waals surface area contributed by atoms with Crippen molar-refractivity contribution in [3.8, 4) is 5.75 Å². The van der Waals surface area contributed by atoms with Crippen LogP contribution in [0.15, 0.2) is 24.4 Å². The Bertz CT molecular complexity index is 1060. The molecule has 0 spiro atoms. The number of esters is 1. The van der Waals surface area contributed by atoms with Crippen LogP contribution in [0.1, 0.15) is 116 Å². The van der Waals surface area contributed by atoms with E-state index in [-0.39, 0.29) is 11.8 Å². The second-order valence-electron chi connectivity index (χ2n) is 11.8. The average molecular weight is 585 g/mol. The Morgan fingerprint density at radius 1 is 0.857 bits per heavy atom. The molecular weight excluding hydrogens is 528 g/mol. The molecule has 0 bridgehead atoms. The van der Waals surface area contributed by atoms with Crippen molar-refractivity contribution in [2.75, 3.05) is 27.2 Å². The summed E-state index contributed by atoms with van der Waals surface area (Å²) in [7, 11) is 4.09. The largest absolute Gasteiger partial charge is 0.425 e. The van der Waals surface area contributed by atoms with E-state index in [1.807, 2.05) is 32.4 Å². The summed E-state index contributed by atoms with van der Waals surface area (Å²) >= 11 is 0. The molecule has 2 amide bonds. The van der Waals surface area contributed by atoms with Gasteiger partial charge in [-0.25, -0.2) is 4.79 Å². The monoisotopic (exact) mass is 584 g/mol. The first-order valence-corrected chi connectivity index (χ1v) is 16.4. The molecule has 42 heavy (non-hydrogen) atoms. The molecule has 2 rings (SSSR count). The van der Waals surface area contributed by atoms with Gasteiger partial charge in [-0.2, -0.15) is 0 Å². The fraction of sp³-hybridized carbons (Fsp3) is 0.676. The molecule has 1 atom stereocenters. The van der Waals surface area contributed by atoms with Crippen LogP contribution >= 0.6 is 0 Å². The molecule has 0 aliphatic carbocycles. The lowest BCUT2D eigenvalue weighted by molar-refractivity contribution is -0.139. The number of hydrogen-bond acceptors (Lipinski definition) is 5. The number of benzene rings is 1. The van der Waals surface area contributed by atoms with Gasteiger partial charge in [-0.15, -0.1) is 0 Å². The van der Waals surface area contributed by atoms with Gasteiger partial charge in [-0.1, -0.05) is 65.2 Å². The molecule has 0 saturated carbocycles. The Kier molecular flexibility index (Phi) is 17.6. The normalized spacial score (nSPS) is 12.0. The van der Waals surface area contributed by atoms with Gasteiger partial charge in [0, 0.05) is 43.0 Å². The van der Waals surface area contributed by atoms with Crippen molar-refractivity contribution in [1.29, 1.82) is 0 Å². The minimum atomic E-state index is -0.724. The summed E-state index contributed by atoms with van der Waals surface area (Å²) in [6, 6.07) is 4.89. The number of carbonyl (C=O) groups is 3. The summed E-state index contributed by atoms with van der Waals surface area (Å²) < 4.78 is 5.81. The highest BCUT2D eigenvalue weighted by atomic mass is 16.5. The molecule has 0 fully saturated rings. The fourth-order valence-electron chi connectivity index (χ4n) is 5.04. The fourth-order valence-corrected chi connectivity index (χ4v) is 5.04. The predicted octanol–water partition coefficient (Wildman–Crippen LogP) is 6.67. The number of carbonyl (C=O) groups excluding carboxylic acids is 3. The van der Waals surface area contributed by atoms with Crippen LogP contribution in [0, 0.1) is 0 Å². The van der Waals surface area contributed by atoms with Crippen molar-refractivity contribution in [2.45, 2.75) is 123 Å². The van der Waals surface area contributed by atoms with Gasteiger partial charge in [0.25, 0.3) is 0 Å². The number of amides is 2. The van der Waals surface area contributed by atoms with Crippen molar-refractivity contribution in [2.24, 2.45) is 0 Å². The van der Waals surface area contributed by atoms with Gasteiger partial charge in [0.2, 0.25) is 11.8 Å². The molecular formula is C34H56N4O4. The van der Waals surface area contributed by atoms with Gasteiger partial charge < -0.3 is 25.3 Å². The van der Waals surface area contributed by atoms with E-state index in [0.29, 0.717) is 38.0 Å². The van der Waals surface area contributed by atoms with Gasteiger partial charge in [0.15, 0.2) is 0 Å². The van der Waals surface area contributed by atoms with Crippen LogP contribution in [0.4, 0.5) is 0 Å². The van der Waals surface area contributed by atoms with Crippen molar-refractivity contribution < 1.29 is 19.1 Å². The third-order valence-electron chi connectivity index (χ3n) is 7.66. The predicted molar refractivity (Wildman–Crippen MR) is 172 cm³/mol. The Morgan fingerprint density at radius 3 is 2.19 bits per heavy atom. The summed E-state index contributed by atoms with van der Waals surface area (Å²) in [5.74, 6) is -0.000732. The second-order valence-corrected chi connectivity index (χ2v) is 11.8. The van der Waals surface area contributed by atoms with Crippen LogP contribution in [0.2, 0.25) is 0 Å². The Hall–Kier alpha value is -2.87. The standard InChI is InChI=1S/C34H56N4O4/c1-5-7-9-11-13-18-32(39)35-23-16-15-17-31(37-33(40)19-14-12-10-8-6-2)34(41)42-28-20-21-30-29(25-28)27(26-36-30)22-24-38(3)4/h20-21,25-26,31,36H,5-19,22-24H2,1-4H3,(H,35,39)(H,37,40)/t31-/m0/s1. The SMILES string of the molecule is CCCCCCCC(=O)NCCCC[C@H](NC(=O)CCCCCCC)C(=O)Oc1ccc2[nH]cc(CCN(C)C)c2c1. The number of unbranched alkanes of at least 4 members (excludes halogenated alkanes) is 9. The first kappa shape index (κ1) is 35.3. The number of aromatic nitrogens is 1. The lowest BCUT2D eigenvalue weighted by atomic mass is 10.1. The molecule has 1 aromatic carbocycles. The summed E-state index contributed by atoms with van der Waals surface area (Å²) in [5, 5.41) is 6.96. The molecule has 2 aromatic rings. The first-order valence-electron chi connectivity index (χ1n) is 16.4. The minimum Gasteiger partial charge on any atom is -0.425 e. The number of rotatable bonds is 23. The topological polar surface area (TPSA) is 104 Å². The maximum Gasteiger partial charge on any atom is 0.334 e. The molecule has 8 heteroatoms. The third-order valence-corrected chi connectivity index (χ3v) is 7.66. The van der Waals surface area contributed by atoms with Crippen LogP contribution in [0.5, 0.6) is 5.75 Å². The van der Waals surface area contributed by atoms with Crippen LogP contribution in [0.3, 0.4) is 0 Å². The molecule has 1 aromatic heterocycles. The number of H-pyrrole nitrogens is 1. The summed E-state index contributed by atoms with van der Waals surface area (Å²) in [6.45, 7) is 5.84. The van der Waals surface area contributed by atoms with Gasteiger partial charge in [0.1, 0.15) is 11.8 Å². The maximum absolute atomic E-state index is 13.3. The van der Waals surface area contributed by atoms with Crippen LogP contribution < -0.4 is 15.4 Å². The highest BCUT2D eigenvalue weighted by Crippen LogP contribution is 2.25. The van der Waals surface area contributed by atoms with Crippen molar-refractivity contribution in [3.63, 3.8) is 0 Å². The molecule has 1 heterocycles. The molecule has 0 aliphatic rings. The van der Waals surface area contributed by atoms with E-state index >= 15 is 0 Å². The average Bonchev–Trinajstić information content (AvgIpc) is 3.37. The van der Waals surface area contributed by atoms with E-state index < -0.39 is 12.0 Å². The molecule has 0 radical (unpaired) electrons. The van der Waals surface area contributed by atoms with Crippen molar-refractivity contribution >= 4 is 28.7 Å². The maximum atomic E-state index is 13.3. The lowest BCUT2D eigenvalue weighted by Gasteiger charge is -2.18. The molecule has 0 aliphatic heterocycles. The Labute approximate surface area is 253 Å². The number of hydrogen-bond donors (Lipinski definition) is 3. The molecule has 3 N–H and O–H groups in total. The van der Waals surface area contributed by atoms with Gasteiger partial charge in [0.05, 0.1) is 0 Å². The van der Waals surface area contributed by atoms with E-state index in [9.17, 15) is 14.4 Å². The molecule has 236 valence electrons. The summed E-state index contributed by atoms with van der Waals surface area (Å²) in [6.07, 6.45) is 16.7. The number of likely N-dealkylation sites (N-methyl/N-ethyl adjacent to an activating group) is 1. The zero-order valence-electron chi connectivity index (χ0n) is 26.7. The number of aromatic amines is 1. The van der Waals surface area contributed by atoms with Crippen LogP contribution in [-0.2, 0) is 20.8 Å².